The number of aromatic nitrogens is 1. The Morgan fingerprint density at radius 2 is 1.69 bits per heavy atom. The van der Waals surface area contributed by atoms with E-state index in [2.05, 4.69) is 31.6 Å². The molecule has 4 atom stereocenters. The summed E-state index contributed by atoms with van der Waals surface area (Å²) in [6.45, 7) is 4.74. The maximum Gasteiger partial charge on any atom is 0.268 e. The van der Waals surface area contributed by atoms with Gasteiger partial charge in [0.05, 0.1) is 6.54 Å². The van der Waals surface area contributed by atoms with Crippen LogP contribution < -0.4 is 26.6 Å². The minimum atomic E-state index is -1.12. The van der Waals surface area contributed by atoms with E-state index in [1.807, 2.05) is 30.3 Å². The van der Waals surface area contributed by atoms with E-state index in [1.165, 1.54) is 43.1 Å². The van der Waals surface area contributed by atoms with Crippen molar-refractivity contribution in [1.82, 2.24) is 36.5 Å². The van der Waals surface area contributed by atoms with E-state index < -0.39 is 71.3 Å². The van der Waals surface area contributed by atoms with Crippen LogP contribution in [0.2, 0.25) is 0 Å². The van der Waals surface area contributed by atoms with Gasteiger partial charge in [0.1, 0.15) is 35.7 Å². The van der Waals surface area contributed by atoms with E-state index in [-0.39, 0.29) is 38.0 Å². The van der Waals surface area contributed by atoms with Gasteiger partial charge in [-0.2, -0.15) is 0 Å². The van der Waals surface area contributed by atoms with Crippen LogP contribution >= 0.6 is 0 Å². The Labute approximate surface area is 277 Å². The fourth-order valence-electron chi connectivity index (χ4n) is 5.38. The first-order valence-electron chi connectivity index (χ1n) is 15.9. The van der Waals surface area contributed by atoms with Crippen LogP contribution in [0.4, 0.5) is 4.39 Å². The van der Waals surface area contributed by atoms with Crippen LogP contribution in [0.1, 0.15) is 49.7 Å². The van der Waals surface area contributed by atoms with E-state index in [1.54, 1.807) is 13.8 Å². The lowest BCUT2D eigenvalue weighted by atomic mass is 10.0. The van der Waals surface area contributed by atoms with Crippen molar-refractivity contribution in [3.63, 3.8) is 0 Å². The van der Waals surface area contributed by atoms with Crippen molar-refractivity contribution in [3.05, 3.63) is 71.7 Å². The lowest BCUT2D eigenvalue weighted by Gasteiger charge is -2.28. The smallest absolute Gasteiger partial charge is 0.268 e. The van der Waals surface area contributed by atoms with Crippen molar-refractivity contribution in [3.8, 4) is 0 Å². The van der Waals surface area contributed by atoms with Gasteiger partial charge in [-0.25, -0.2) is 4.39 Å². The summed E-state index contributed by atoms with van der Waals surface area (Å²) in [6.07, 6.45) is 0.513. The number of H-pyrrole nitrogens is 1. The molecule has 14 heteroatoms. The standard InChI is InChI=1S/C34H42FN7O6/c1-19(2)29-33(47)37-20(3)30(44)40-27(15-21-9-6-5-7-10-21)34(48)42(4)18-28(43)36-14-8-11-25(31(45)41-29)39-32(46)26-17-22-16-23(35)12-13-24(22)38-26/h5-7,9-10,12-13,16-17,19-20,25,27,29,38H,8,11,14-15,18H2,1-4H3,(H,36,43)(H,37,47)(H,39,46)(H,40,44)(H,41,45)/t20-,25+,27+,29-/m1/s1. The van der Waals surface area contributed by atoms with Crippen LogP contribution in [0, 0.1) is 11.7 Å². The second-order valence-corrected chi connectivity index (χ2v) is 12.3. The van der Waals surface area contributed by atoms with Gasteiger partial charge in [0.25, 0.3) is 5.91 Å². The Hall–Kier alpha value is -5.27. The molecule has 256 valence electrons. The van der Waals surface area contributed by atoms with Crippen molar-refractivity contribution in [2.45, 2.75) is 64.2 Å². The maximum absolute atomic E-state index is 13.7. The second-order valence-electron chi connectivity index (χ2n) is 12.3. The summed E-state index contributed by atoms with van der Waals surface area (Å²) >= 11 is 0. The Balaban J connectivity index is 1.55. The van der Waals surface area contributed by atoms with E-state index in [9.17, 15) is 33.2 Å². The highest BCUT2D eigenvalue weighted by Crippen LogP contribution is 2.17. The molecular formula is C34H42FN7O6. The normalized spacial score (nSPS) is 22.3. The lowest BCUT2D eigenvalue weighted by molar-refractivity contribution is -0.139. The molecule has 0 spiro atoms. The van der Waals surface area contributed by atoms with Crippen LogP contribution in [0.15, 0.2) is 54.6 Å². The lowest BCUT2D eigenvalue weighted by Crippen LogP contribution is -2.59. The number of nitrogens with zero attached hydrogens (tertiary/aromatic N) is 1. The number of fused-ring (bicyclic) bond motifs is 1. The third-order valence-corrected chi connectivity index (χ3v) is 8.09. The van der Waals surface area contributed by atoms with Crippen LogP contribution in [0.3, 0.4) is 0 Å². The number of nitrogens with one attached hydrogen (secondary N) is 6. The van der Waals surface area contributed by atoms with Crippen molar-refractivity contribution in [2.75, 3.05) is 20.1 Å². The van der Waals surface area contributed by atoms with Crippen LogP contribution in [-0.2, 0) is 30.4 Å². The van der Waals surface area contributed by atoms with Crippen molar-refractivity contribution in [1.29, 1.82) is 0 Å². The molecule has 0 saturated carbocycles. The SMILES string of the molecule is CC(C)[C@H]1NC(=O)[C@@H](NC(=O)c2cc3cc(F)ccc3[nH]2)CCCNC(=O)CN(C)C(=O)[C@H](Cc2ccccc2)NC(=O)[C@@H](C)NC1=O. The number of amides is 6. The Morgan fingerprint density at radius 3 is 2.40 bits per heavy atom. The second kappa shape index (κ2) is 16.0. The molecule has 2 aromatic carbocycles. The topological polar surface area (TPSA) is 182 Å². The zero-order valence-electron chi connectivity index (χ0n) is 27.4. The predicted molar refractivity (Wildman–Crippen MR) is 176 cm³/mol. The molecule has 1 aliphatic heterocycles. The van der Waals surface area contributed by atoms with E-state index in [0.29, 0.717) is 10.9 Å². The molecule has 1 aliphatic rings. The van der Waals surface area contributed by atoms with Gasteiger partial charge in [-0.3, -0.25) is 28.8 Å². The number of carbonyl (C=O) groups is 6. The van der Waals surface area contributed by atoms with E-state index in [4.69, 9.17) is 0 Å². The first kappa shape index (κ1) is 35.6. The van der Waals surface area contributed by atoms with Gasteiger partial charge in [0.2, 0.25) is 29.5 Å². The highest BCUT2D eigenvalue weighted by molar-refractivity contribution is 6.01. The third-order valence-electron chi connectivity index (χ3n) is 8.09. The number of hydrogen-bond donors (Lipinski definition) is 6. The zero-order chi connectivity index (χ0) is 35.0. The number of benzene rings is 2. The summed E-state index contributed by atoms with van der Waals surface area (Å²) in [5.41, 5.74) is 1.42. The molecule has 3 aromatic rings. The molecule has 0 bridgehead atoms. The van der Waals surface area contributed by atoms with Crippen molar-refractivity contribution < 1.29 is 33.2 Å². The predicted octanol–water partition coefficient (Wildman–Crippen LogP) is 1.15. The molecule has 13 nitrogen and oxygen atoms in total. The fourth-order valence-corrected chi connectivity index (χ4v) is 5.38. The molecule has 0 radical (unpaired) electrons. The Morgan fingerprint density at radius 1 is 0.958 bits per heavy atom. The Bertz CT molecular complexity index is 1660. The number of hydrogen-bond acceptors (Lipinski definition) is 6. The van der Waals surface area contributed by atoms with Gasteiger partial charge in [0.15, 0.2) is 0 Å². The van der Waals surface area contributed by atoms with E-state index >= 15 is 0 Å². The van der Waals surface area contributed by atoms with Gasteiger partial charge >= 0.3 is 0 Å². The molecule has 48 heavy (non-hydrogen) atoms. The van der Waals surface area contributed by atoms with Gasteiger partial charge in [-0.15, -0.1) is 0 Å². The number of aromatic amines is 1. The summed E-state index contributed by atoms with van der Waals surface area (Å²) in [6, 6.07) is 10.3. The molecular weight excluding hydrogens is 621 g/mol. The Kier molecular flexibility index (Phi) is 11.9. The van der Waals surface area contributed by atoms with E-state index in [0.717, 1.165) is 5.56 Å². The number of halogens is 1. The molecule has 0 unspecified atom stereocenters. The number of likely N-dealkylation sites (N-methyl/N-ethyl adjacent to an activating group) is 1. The number of carbonyl (C=O) groups excluding carboxylic acids is 6. The molecule has 0 aliphatic carbocycles. The minimum absolute atomic E-state index is 0.0892. The molecule has 1 aromatic heterocycles. The monoisotopic (exact) mass is 663 g/mol. The molecule has 1 fully saturated rings. The summed E-state index contributed by atoms with van der Waals surface area (Å²) in [5.74, 6) is -4.34. The molecule has 4 rings (SSSR count). The molecule has 6 N–H and O–H groups in total. The summed E-state index contributed by atoms with van der Waals surface area (Å²) < 4.78 is 13.7. The summed E-state index contributed by atoms with van der Waals surface area (Å²) in [4.78, 5) is 83.8. The maximum atomic E-state index is 13.7. The van der Waals surface area contributed by atoms with Crippen molar-refractivity contribution >= 4 is 46.3 Å². The van der Waals surface area contributed by atoms with Crippen LogP contribution in [-0.4, -0.2) is 89.6 Å². The first-order valence-corrected chi connectivity index (χ1v) is 15.9. The van der Waals surface area contributed by atoms with Gasteiger partial charge in [-0.05, 0) is 55.5 Å². The van der Waals surface area contributed by atoms with Gasteiger partial charge in [0, 0.05) is 30.9 Å². The average Bonchev–Trinajstić information content (AvgIpc) is 3.47. The van der Waals surface area contributed by atoms with Gasteiger partial charge in [-0.1, -0.05) is 44.2 Å². The third kappa shape index (κ3) is 9.39. The summed E-state index contributed by atoms with van der Waals surface area (Å²) in [5, 5.41) is 13.9. The molecule has 1 saturated heterocycles. The largest absolute Gasteiger partial charge is 0.355 e. The summed E-state index contributed by atoms with van der Waals surface area (Å²) in [7, 11) is 1.46. The first-order chi connectivity index (χ1) is 22.8. The highest BCUT2D eigenvalue weighted by Gasteiger charge is 2.32. The average molecular weight is 664 g/mol. The molecule has 6 amide bonds. The minimum Gasteiger partial charge on any atom is -0.355 e. The highest BCUT2D eigenvalue weighted by atomic mass is 19.1. The quantitative estimate of drug-likeness (QED) is 0.238. The van der Waals surface area contributed by atoms with Crippen molar-refractivity contribution in [2.24, 2.45) is 5.92 Å². The van der Waals surface area contributed by atoms with Crippen LogP contribution in [0.5, 0.6) is 0 Å². The van der Waals surface area contributed by atoms with Crippen LogP contribution in [0.25, 0.3) is 10.9 Å². The van der Waals surface area contributed by atoms with Gasteiger partial charge < -0.3 is 36.5 Å². The zero-order valence-corrected chi connectivity index (χ0v) is 27.4. The molecule has 2 heterocycles. The number of rotatable bonds is 5. The fraction of sp³-hybridized carbons (Fsp3) is 0.412.